The second-order valence-electron chi connectivity index (χ2n) is 3.20. The maximum Gasteiger partial charge on any atom is 0.183 e. The van der Waals surface area contributed by atoms with E-state index < -0.39 is 6.49 Å². The molecule has 0 saturated carbocycles. The lowest BCUT2D eigenvalue weighted by atomic mass is 10.3. The Morgan fingerprint density at radius 1 is 1.58 bits per heavy atom. The Labute approximate surface area is 79.9 Å². The Hall–Kier alpha value is 0.530. The molecule has 0 aliphatic rings. The van der Waals surface area contributed by atoms with Crippen molar-refractivity contribution in [2.24, 2.45) is 0 Å². The fourth-order valence-electron chi connectivity index (χ4n) is 0.921. The van der Waals surface area contributed by atoms with Gasteiger partial charge in [0.15, 0.2) is 6.49 Å². The zero-order valence-electron chi connectivity index (χ0n) is 8.15. The molecule has 0 fully saturated rings. The van der Waals surface area contributed by atoms with Crippen LogP contribution in [0, 0.1) is 0 Å². The number of hydrogen-bond donors (Lipinski definition) is 1. The van der Waals surface area contributed by atoms with Crippen LogP contribution < -0.4 is 0 Å². The summed E-state index contributed by atoms with van der Waals surface area (Å²) in [7, 11) is 3.95. The van der Waals surface area contributed by atoms with Gasteiger partial charge < -0.3 is 14.3 Å². The van der Waals surface area contributed by atoms with E-state index >= 15 is 0 Å². The molecule has 0 heterocycles. The van der Waals surface area contributed by atoms with Gasteiger partial charge in [0.25, 0.3) is 0 Å². The summed E-state index contributed by atoms with van der Waals surface area (Å²) in [6.45, 7) is 1.93. The molecule has 2 atom stereocenters. The Balaban J connectivity index is 3.92. The first kappa shape index (κ1) is 12.5. The van der Waals surface area contributed by atoms with Crippen molar-refractivity contribution in [3.63, 3.8) is 0 Å². The van der Waals surface area contributed by atoms with Gasteiger partial charge in [-0.15, -0.1) is 0 Å². The van der Waals surface area contributed by atoms with Crippen LogP contribution in [0.15, 0.2) is 0 Å². The van der Waals surface area contributed by atoms with E-state index in [1.54, 1.807) is 6.66 Å². The van der Waals surface area contributed by atoms with Crippen molar-refractivity contribution in [1.29, 1.82) is 0 Å². The topological polar surface area (TPSA) is 32.7 Å². The molecule has 0 saturated heterocycles. The van der Waals surface area contributed by atoms with Gasteiger partial charge in [-0.05, 0) is 32.3 Å². The van der Waals surface area contributed by atoms with Crippen LogP contribution in [0.3, 0.4) is 0 Å². The lowest BCUT2D eigenvalue weighted by molar-refractivity contribution is 0.158. The van der Waals surface area contributed by atoms with Gasteiger partial charge in [0.2, 0.25) is 0 Å². The van der Waals surface area contributed by atoms with E-state index in [2.05, 4.69) is 0 Å². The second kappa shape index (κ2) is 5.30. The van der Waals surface area contributed by atoms with E-state index in [0.29, 0.717) is 0 Å². The summed E-state index contributed by atoms with van der Waals surface area (Å²) in [4.78, 5) is 11.3. The highest BCUT2D eigenvalue weighted by atomic mass is 32.5. The van der Waals surface area contributed by atoms with Crippen LogP contribution in [-0.2, 0) is 16.3 Å². The number of nitrogens with zero attached hydrogens (tertiary/aromatic N) is 1. The minimum Gasteiger partial charge on any atom is -0.345 e. The predicted octanol–water partition coefficient (Wildman–Crippen LogP) is 1.27. The first-order valence-corrected chi connectivity index (χ1v) is 7.10. The van der Waals surface area contributed by atoms with Crippen molar-refractivity contribution in [3.8, 4) is 0 Å². The first-order valence-electron chi connectivity index (χ1n) is 3.98. The normalized spacial score (nSPS) is 19.2. The van der Waals surface area contributed by atoms with Crippen LogP contribution in [0.5, 0.6) is 0 Å². The summed E-state index contributed by atoms with van der Waals surface area (Å²) in [5.74, 6) is 0. The van der Waals surface area contributed by atoms with Crippen LogP contribution in [0.4, 0.5) is 0 Å². The van der Waals surface area contributed by atoms with Crippen molar-refractivity contribution in [1.82, 2.24) is 4.90 Å². The van der Waals surface area contributed by atoms with Crippen LogP contribution in [0.1, 0.15) is 13.3 Å². The van der Waals surface area contributed by atoms with Crippen LogP contribution >= 0.6 is 6.49 Å². The molecule has 12 heavy (non-hydrogen) atoms. The Bertz CT molecular complexity index is 169. The molecule has 1 unspecified atom stereocenters. The van der Waals surface area contributed by atoms with E-state index in [0.717, 1.165) is 13.0 Å². The molecule has 0 aromatic heterocycles. The summed E-state index contributed by atoms with van der Waals surface area (Å²) in [6, 6.07) is 0. The fourth-order valence-corrected chi connectivity index (χ4v) is 2.05. The van der Waals surface area contributed by atoms with Crippen molar-refractivity contribution in [2.75, 3.05) is 27.3 Å². The summed E-state index contributed by atoms with van der Waals surface area (Å²) in [6.07, 6.45) is 0.936. The van der Waals surface area contributed by atoms with Gasteiger partial charge in [-0.1, -0.05) is 6.92 Å². The van der Waals surface area contributed by atoms with Crippen molar-refractivity contribution < 1.29 is 9.42 Å². The highest BCUT2D eigenvalue weighted by Gasteiger charge is 2.14. The smallest absolute Gasteiger partial charge is 0.183 e. The molecule has 0 aromatic carbocycles. The van der Waals surface area contributed by atoms with E-state index in [9.17, 15) is 4.89 Å². The van der Waals surface area contributed by atoms with Crippen molar-refractivity contribution in [3.05, 3.63) is 0 Å². The van der Waals surface area contributed by atoms with Crippen molar-refractivity contribution in [2.45, 2.75) is 19.4 Å². The second-order valence-corrected chi connectivity index (χ2v) is 7.05. The highest BCUT2D eigenvalue weighted by molar-refractivity contribution is 8.09. The van der Waals surface area contributed by atoms with Gasteiger partial charge in [0.05, 0.1) is 6.10 Å². The van der Waals surface area contributed by atoms with Crippen LogP contribution in [0.25, 0.3) is 0 Å². The zero-order valence-corrected chi connectivity index (χ0v) is 9.86. The molecule has 5 heteroatoms. The number of likely N-dealkylation sites (N-methyl/N-ethyl adjacent to an activating group) is 1. The predicted molar refractivity (Wildman–Crippen MR) is 56.1 cm³/mol. The largest absolute Gasteiger partial charge is 0.345 e. The monoisotopic (exact) mass is 211 g/mol. The highest BCUT2D eigenvalue weighted by Crippen LogP contribution is 2.39. The lowest BCUT2D eigenvalue weighted by Crippen LogP contribution is -2.26. The lowest BCUT2D eigenvalue weighted by Gasteiger charge is -2.22. The van der Waals surface area contributed by atoms with Gasteiger partial charge in [0, 0.05) is 13.2 Å². The maximum absolute atomic E-state index is 9.32. The molecule has 1 N–H and O–H groups in total. The molecule has 74 valence electrons. The maximum atomic E-state index is 9.32. The minimum atomic E-state index is -2.49. The third-order valence-electron chi connectivity index (χ3n) is 1.37. The molecular formula is C7H18NO2PS. The summed E-state index contributed by atoms with van der Waals surface area (Å²) in [5, 5.41) is 0. The third-order valence-corrected chi connectivity index (χ3v) is 2.32. The Morgan fingerprint density at radius 2 is 2.08 bits per heavy atom. The van der Waals surface area contributed by atoms with Gasteiger partial charge in [0.1, 0.15) is 0 Å². The number of hydrogen-bond acceptors (Lipinski definition) is 3. The first-order chi connectivity index (χ1) is 5.35. The number of rotatable bonds is 5. The molecule has 0 aliphatic heterocycles. The minimum absolute atomic E-state index is 0.0563. The van der Waals surface area contributed by atoms with Crippen LogP contribution in [-0.4, -0.2) is 43.2 Å². The standard InChI is InChI=1S/C7H18NO2PS/c1-5-7(6-8(2)3)10-11(4,9)12/h7H,5-6H2,1-4H3,(H,9,12)/t7-,11?/m0/s1. The van der Waals surface area contributed by atoms with Crippen LogP contribution in [0.2, 0.25) is 0 Å². The molecular weight excluding hydrogens is 193 g/mol. The molecule has 0 bridgehead atoms. The Kier molecular flexibility index (Phi) is 5.53. The molecule has 0 aliphatic carbocycles. The van der Waals surface area contributed by atoms with E-state index in [1.165, 1.54) is 0 Å². The molecule has 0 aromatic rings. The van der Waals surface area contributed by atoms with E-state index in [1.807, 2.05) is 25.9 Å². The van der Waals surface area contributed by atoms with Gasteiger partial charge in [-0.25, -0.2) is 0 Å². The average Bonchev–Trinajstić information content (AvgIpc) is 1.82. The van der Waals surface area contributed by atoms with E-state index in [-0.39, 0.29) is 6.10 Å². The SMILES string of the molecule is CC[C@@H](CN(C)C)OP(C)(O)=S. The molecule has 3 nitrogen and oxygen atoms in total. The molecule has 0 spiro atoms. The fraction of sp³-hybridized carbons (Fsp3) is 1.00. The summed E-state index contributed by atoms with van der Waals surface area (Å²) < 4.78 is 5.34. The quantitative estimate of drug-likeness (QED) is 0.694. The average molecular weight is 211 g/mol. The van der Waals surface area contributed by atoms with Crippen molar-refractivity contribution >= 4 is 18.3 Å². The third kappa shape index (κ3) is 7.19. The molecule has 0 amide bonds. The summed E-state index contributed by atoms with van der Waals surface area (Å²) in [5.41, 5.74) is 0. The van der Waals surface area contributed by atoms with Gasteiger partial charge in [-0.2, -0.15) is 0 Å². The molecule has 0 rings (SSSR count). The molecule has 0 radical (unpaired) electrons. The Morgan fingerprint density at radius 3 is 2.33 bits per heavy atom. The zero-order chi connectivity index (χ0) is 9.78. The summed E-state index contributed by atoms with van der Waals surface area (Å²) >= 11 is 4.81. The van der Waals surface area contributed by atoms with Gasteiger partial charge in [-0.3, -0.25) is 0 Å². The van der Waals surface area contributed by atoms with E-state index in [4.69, 9.17) is 16.3 Å². The van der Waals surface area contributed by atoms with Gasteiger partial charge >= 0.3 is 0 Å².